The Morgan fingerprint density at radius 3 is 2.64 bits per heavy atom. The van der Waals surface area contributed by atoms with Crippen molar-refractivity contribution in [3.05, 3.63) is 70.5 Å². The van der Waals surface area contributed by atoms with Crippen molar-refractivity contribution in [3.8, 4) is 11.4 Å². The number of hydrogen-bond donors (Lipinski definition) is 3. The Hall–Kier alpha value is -4.25. The number of nitrogens with zero attached hydrogens (tertiary/aromatic N) is 2. The SMILES string of the molecule is CCCC(C)C(=O)Nc1cc(NC(=O)OC)ccc1-c1ncc(C(C)N2CCC(c3c(F)ccc(Cl)c3F)=CC2=O)[nH]1. The zero-order valence-corrected chi connectivity index (χ0v) is 24.4. The fourth-order valence-corrected chi connectivity index (χ4v) is 4.99. The molecule has 12 heteroatoms. The topological polar surface area (TPSA) is 116 Å². The van der Waals surface area contributed by atoms with Gasteiger partial charge in [-0.15, -0.1) is 0 Å². The van der Waals surface area contributed by atoms with E-state index in [1.165, 1.54) is 13.2 Å². The van der Waals surface area contributed by atoms with E-state index in [2.05, 4.69) is 25.3 Å². The number of H-pyrrole nitrogens is 1. The molecule has 9 nitrogen and oxygen atoms in total. The first kappa shape index (κ1) is 30.7. The monoisotopic (exact) mass is 599 g/mol. The lowest BCUT2D eigenvalue weighted by Crippen LogP contribution is -2.36. The van der Waals surface area contributed by atoms with Gasteiger partial charge in [0, 0.05) is 29.8 Å². The number of ether oxygens (including phenoxy) is 1. The molecular formula is C30H32ClF2N5O4. The molecule has 3 amide bonds. The van der Waals surface area contributed by atoms with Gasteiger partial charge in [0.2, 0.25) is 11.8 Å². The Bertz CT molecular complexity index is 1540. The number of methoxy groups -OCH3 is 1. The van der Waals surface area contributed by atoms with E-state index in [1.807, 2.05) is 20.8 Å². The molecule has 222 valence electrons. The normalized spacial score (nSPS) is 14.7. The van der Waals surface area contributed by atoms with Crippen LogP contribution in [0.3, 0.4) is 0 Å². The minimum Gasteiger partial charge on any atom is -0.453 e. The van der Waals surface area contributed by atoms with Crippen molar-refractivity contribution in [1.82, 2.24) is 14.9 Å². The number of hydrogen-bond acceptors (Lipinski definition) is 5. The summed E-state index contributed by atoms with van der Waals surface area (Å²) in [5.41, 5.74) is 1.98. The zero-order chi connectivity index (χ0) is 30.6. The molecule has 0 bridgehead atoms. The van der Waals surface area contributed by atoms with E-state index in [-0.39, 0.29) is 40.9 Å². The molecule has 0 spiro atoms. The molecule has 2 heterocycles. The summed E-state index contributed by atoms with van der Waals surface area (Å²) in [6.45, 7) is 5.87. The molecule has 42 heavy (non-hydrogen) atoms. The van der Waals surface area contributed by atoms with E-state index in [4.69, 9.17) is 11.6 Å². The Morgan fingerprint density at radius 1 is 1.19 bits per heavy atom. The minimum atomic E-state index is -0.893. The highest BCUT2D eigenvalue weighted by Gasteiger charge is 2.29. The molecule has 3 aromatic rings. The number of carbonyl (C=O) groups excluding carboxylic acids is 3. The zero-order valence-electron chi connectivity index (χ0n) is 23.7. The number of anilines is 2. The molecule has 4 rings (SSSR count). The lowest BCUT2D eigenvalue weighted by Gasteiger charge is -2.31. The standard InChI is InChI=1S/C30H32ClF2N5O4/c1-5-6-16(2)29(40)37-23-14-19(35-30(41)42-4)7-8-20(23)28-34-15-24(36-28)17(3)38-12-11-18(13-25(38)39)26-22(32)10-9-21(31)27(26)33/h7-10,13-17H,5-6,11-12H2,1-4H3,(H,34,36)(H,35,41)(H,37,40). The summed E-state index contributed by atoms with van der Waals surface area (Å²) < 4.78 is 33.6. The Labute approximate surface area is 247 Å². The largest absolute Gasteiger partial charge is 0.453 e. The van der Waals surface area contributed by atoms with Gasteiger partial charge in [-0.1, -0.05) is 31.9 Å². The number of imidazole rings is 1. The second-order valence-corrected chi connectivity index (χ2v) is 10.5. The minimum absolute atomic E-state index is 0.178. The van der Waals surface area contributed by atoms with Crippen molar-refractivity contribution in [2.75, 3.05) is 24.3 Å². The number of amides is 3. The van der Waals surface area contributed by atoms with Crippen LogP contribution >= 0.6 is 11.6 Å². The quantitative estimate of drug-likeness (QED) is 0.230. The molecule has 2 unspecified atom stereocenters. The van der Waals surface area contributed by atoms with Gasteiger partial charge in [0.1, 0.15) is 11.6 Å². The van der Waals surface area contributed by atoms with Crippen LogP contribution in [0.2, 0.25) is 5.02 Å². The lowest BCUT2D eigenvalue weighted by molar-refractivity contribution is -0.128. The summed E-state index contributed by atoms with van der Waals surface area (Å²) in [4.78, 5) is 47.0. The second-order valence-electron chi connectivity index (χ2n) is 10.1. The van der Waals surface area contributed by atoms with E-state index in [0.717, 1.165) is 18.6 Å². The van der Waals surface area contributed by atoms with Gasteiger partial charge in [0.25, 0.3) is 0 Å². The summed E-state index contributed by atoms with van der Waals surface area (Å²) in [6, 6.07) is 6.73. The van der Waals surface area contributed by atoms with E-state index < -0.39 is 29.7 Å². The Kier molecular flexibility index (Phi) is 9.62. The van der Waals surface area contributed by atoms with Crippen molar-refractivity contribution in [1.29, 1.82) is 0 Å². The second kappa shape index (κ2) is 13.2. The van der Waals surface area contributed by atoms with E-state index >= 15 is 0 Å². The fraction of sp³-hybridized carbons (Fsp3) is 0.333. The molecule has 0 saturated carbocycles. The van der Waals surface area contributed by atoms with Crippen LogP contribution in [0.1, 0.15) is 57.3 Å². The van der Waals surface area contributed by atoms with Gasteiger partial charge < -0.3 is 19.9 Å². The molecule has 0 radical (unpaired) electrons. The number of aromatic nitrogens is 2. The third kappa shape index (κ3) is 6.62. The van der Waals surface area contributed by atoms with Crippen LogP contribution in [0.4, 0.5) is 25.0 Å². The van der Waals surface area contributed by atoms with E-state index in [0.29, 0.717) is 34.9 Å². The molecule has 2 aromatic carbocycles. The first-order valence-corrected chi connectivity index (χ1v) is 13.9. The highest BCUT2D eigenvalue weighted by Crippen LogP contribution is 2.35. The fourth-order valence-electron chi connectivity index (χ4n) is 4.83. The molecule has 0 saturated heterocycles. The number of rotatable bonds is 9. The van der Waals surface area contributed by atoms with Gasteiger partial charge in [-0.05, 0) is 55.7 Å². The highest BCUT2D eigenvalue weighted by molar-refractivity contribution is 6.31. The van der Waals surface area contributed by atoms with Crippen LogP contribution in [-0.4, -0.2) is 46.4 Å². The molecule has 0 fully saturated rings. The molecule has 1 aliphatic heterocycles. The van der Waals surface area contributed by atoms with Crippen LogP contribution in [0.5, 0.6) is 0 Å². The number of aromatic amines is 1. The first-order valence-electron chi connectivity index (χ1n) is 13.5. The average molecular weight is 600 g/mol. The maximum absolute atomic E-state index is 14.6. The molecule has 1 aromatic heterocycles. The Balaban J connectivity index is 1.59. The van der Waals surface area contributed by atoms with Gasteiger partial charge in [0.05, 0.1) is 41.3 Å². The molecule has 1 aliphatic rings. The highest BCUT2D eigenvalue weighted by atomic mass is 35.5. The van der Waals surface area contributed by atoms with Crippen molar-refractivity contribution < 1.29 is 27.9 Å². The van der Waals surface area contributed by atoms with Crippen LogP contribution in [-0.2, 0) is 14.3 Å². The number of nitrogens with one attached hydrogen (secondary N) is 3. The number of benzene rings is 2. The molecule has 3 N–H and O–H groups in total. The predicted octanol–water partition coefficient (Wildman–Crippen LogP) is 6.94. The third-order valence-electron chi connectivity index (χ3n) is 7.21. The van der Waals surface area contributed by atoms with Gasteiger partial charge in [0.15, 0.2) is 5.82 Å². The van der Waals surface area contributed by atoms with Crippen molar-refractivity contribution in [2.24, 2.45) is 5.92 Å². The van der Waals surface area contributed by atoms with Gasteiger partial charge in [-0.3, -0.25) is 14.9 Å². The predicted molar refractivity (Wildman–Crippen MR) is 157 cm³/mol. The summed E-state index contributed by atoms with van der Waals surface area (Å²) in [5, 5.41) is 5.30. The maximum Gasteiger partial charge on any atom is 0.411 e. The number of carbonyl (C=O) groups is 3. The van der Waals surface area contributed by atoms with Crippen LogP contribution in [0.15, 0.2) is 42.6 Å². The third-order valence-corrected chi connectivity index (χ3v) is 7.51. The summed E-state index contributed by atoms with van der Waals surface area (Å²) in [7, 11) is 1.25. The van der Waals surface area contributed by atoms with E-state index in [9.17, 15) is 23.2 Å². The summed E-state index contributed by atoms with van der Waals surface area (Å²) in [5.74, 6) is -2.06. The number of halogens is 3. The molecule has 2 atom stereocenters. The summed E-state index contributed by atoms with van der Waals surface area (Å²) in [6.07, 6.45) is 3.95. The summed E-state index contributed by atoms with van der Waals surface area (Å²) >= 11 is 5.84. The van der Waals surface area contributed by atoms with E-state index in [1.54, 1.807) is 29.3 Å². The van der Waals surface area contributed by atoms with Gasteiger partial charge in [-0.2, -0.15) is 0 Å². The van der Waals surface area contributed by atoms with Crippen molar-refractivity contribution in [2.45, 2.75) is 46.1 Å². The Morgan fingerprint density at radius 2 is 1.95 bits per heavy atom. The first-order chi connectivity index (χ1) is 20.0. The van der Waals surface area contributed by atoms with Crippen molar-refractivity contribution in [3.63, 3.8) is 0 Å². The smallest absolute Gasteiger partial charge is 0.411 e. The molecular weight excluding hydrogens is 568 g/mol. The maximum atomic E-state index is 14.6. The van der Waals surface area contributed by atoms with Crippen molar-refractivity contribution >= 4 is 46.5 Å². The lowest BCUT2D eigenvalue weighted by atomic mass is 9.97. The van der Waals surface area contributed by atoms with Gasteiger partial charge >= 0.3 is 6.09 Å². The van der Waals surface area contributed by atoms with Crippen LogP contribution in [0.25, 0.3) is 17.0 Å². The van der Waals surface area contributed by atoms with Crippen LogP contribution in [0, 0.1) is 17.6 Å². The molecule has 0 aliphatic carbocycles. The van der Waals surface area contributed by atoms with Gasteiger partial charge in [-0.25, -0.2) is 18.6 Å². The average Bonchev–Trinajstić information content (AvgIpc) is 3.45. The van der Waals surface area contributed by atoms with Crippen LogP contribution < -0.4 is 10.6 Å².